The number of hydrogen-bond donors (Lipinski definition) is 1. The van der Waals surface area contributed by atoms with Crippen LogP contribution in [0.25, 0.3) is 0 Å². The largest absolute Gasteiger partial charge is 0.465 e. The van der Waals surface area contributed by atoms with Crippen LogP contribution in [0.2, 0.25) is 0 Å². The molecule has 0 aliphatic heterocycles. The van der Waals surface area contributed by atoms with Gasteiger partial charge in [0.2, 0.25) is 0 Å². The normalized spacial score (nSPS) is 12.5. The monoisotopic (exact) mass is 243 g/mol. The SMILES string of the molecule is CCOC(=O)C(N)Cc1cccc(C(F)F)c1. The number of carbonyl (C=O) groups is 1. The van der Waals surface area contributed by atoms with Gasteiger partial charge < -0.3 is 10.5 Å². The molecule has 1 atom stereocenters. The molecule has 0 aliphatic carbocycles. The van der Waals surface area contributed by atoms with E-state index in [4.69, 9.17) is 10.5 Å². The van der Waals surface area contributed by atoms with E-state index in [2.05, 4.69) is 0 Å². The summed E-state index contributed by atoms with van der Waals surface area (Å²) in [5, 5.41) is 0. The predicted octanol–water partition coefficient (Wildman–Crippen LogP) is 2.06. The van der Waals surface area contributed by atoms with Gasteiger partial charge in [-0.3, -0.25) is 4.79 Å². The van der Waals surface area contributed by atoms with Gasteiger partial charge in [0, 0.05) is 5.56 Å². The van der Waals surface area contributed by atoms with Gasteiger partial charge in [0.25, 0.3) is 6.43 Å². The third-order valence-electron chi connectivity index (χ3n) is 2.25. The Morgan fingerprint density at radius 2 is 2.18 bits per heavy atom. The molecule has 1 aromatic rings. The van der Waals surface area contributed by atoms with Crippen LogP contribution < -0.4 is 5.73 Å². The standard InChI is InChI=1S/C12H15F2NO2/c1-2-17-12(16)10(15)7-8-4-3-5-9(6-8)11(13)14/h3-6,10-11H,2,7,15H2,1H3. The molecule has 1 unspecified atom stereocenters. The van der Waals surface area contributed by atoms with E-state index in [0.29, 0.717) is 5.56 Å². The summed E-state index contributed by atoms with van der Waals surface area (Å²) in [6.45, 7) is 1.94. The molecule has 0 fully saturated rings. The van der Waals surface area contributed by atoms with E-state index >= 15 is 0 Å². The molecular formula is C12H15F2NO2. The molecule has 0 radical (unpaired) electrons. The molecule has 94 valence electrons. The Kier molecular flexibility index (Phi) is 5.03. The van der Waals surface area contributed by atoms with Gasteiger partial charge >= 0.3 is 5.97 Å². The van der Waals surface area contributed by atoms with Crippen LogP contribution in [0.1, 0.15) is 24.5 Å². The van der Waals surface area contributed by atoms with E-state index in [0.717, 1.165) is 0 Å². The maximum atomic E-state index is 12.4. The van der Waals surface area contributed by atoms with Crippen LogP contribution >= 0.6 is 0 Å². The quantitative estimate of drug-likeness (QED) is 0.805. The van der Waals surface area contributed by atoms with E-state index in [1.807, 2.05) is 0 Å². The smallest absolute Gasteiger partial charge is 0.323 e. The molecular weight excluding hydrogens is 228 g/mol. The summed E-state index contributed by atoms with van der Waals surface area (Å²) < 4.78 is 29.6. The first-order chi connectivity index (χ1) is 8.04. The van der Waals surface area contributed by atoms with Crippen molar-refractivity contribution in [3.05, 3.63) is 35.4 Å². The van der Waals surface area contributed by atoms with E-state index in [-0.39, 0.29) is 18.6 Å². The van der Waals surface area contributed by atoms with E-state index < -0.39 is 18.4 Å². The van der Waals surface area contributed by atoms with Crippen molar-refractivity contribution in [1.29, 1.82) is 0 Å². The summed E-state index contributed by atoms with van der Waals surface area (Å²) >= 11 is 0. The number of ether oxygens (including phenoxy) is 1. The first-order valence-corrected chi connectivity index (χ1v) is 5.33. The molecule has 0 saturated carbocycles. The van der Waals surface area contributed by atoms with E-state index in [1.165, 1.54) is 18.2 Å². The Morgan fingerprint density at radius 3 is 2.76 bits per heavy atom. The van der Waals surface area contributed by atoms with Crippen molar-refractivity contribution in [2.75, 3.05) is 6.61 Å². The van der Waals surface area contributed by atoms with Crippen LogP contribution in [0.3, 0.4) is 0 Å². The van der Waals surface area contributed by atoms with Crippen molar-refractivity contribution in [2.45, 2.75) is 25.8 Å². The first-order valence-electron chi connectivity index (χ1n) is 5.33. The Balaban J connectivity index is 2.68. The van der Waals surface area contributed by atoms with Gasteiger partial charge in [0.1, 0.15) is 6.04 Å². The Bertz CT molecular complexity index is 383. The average Bonchev–Trinajstić information content (AvgIpc) is 2.29. The lowest BCUT2D eigenvalue weighted by Gasteiger charge is -2.11. The second-order valence-electron chi connectivity index (χ2n) is 3.61. The number of hydrogen-bond acceptors (Lipinski definition) is 3. The van der Waals surface area contributed by atoms with Crippen molar-refractivity contribution in [3.8, 4) is 0 Å². The number of rotatable bonds is 5. The maximum Gasteiger partial charge on any atom is 0.323 e. The summed E-state index contributed by atoms with van der Waals surface area (Å²) in [5.41, 5.74) is 6.13. The molecule has 0 saturated heterocycles. The van der Waals surface area contributed by atoms with Gasteiger partial charge in [-0.1, -0.05) is 24.3 Å². The molecule has 5 heteroatoms. The zero-order valence-corrected chi connectivity index (χ0v) is 9.53. The van der Waals surface area contributed by atoms with Crippen molar-refractivity contribution in [2.24, 2.45) is 5.73 Å². The van der Waals surface area contributed by atoms with Gasteiger partial charge in [-0.2, -0.15) is 0 Å². The molecule has 0 heterocycles. The predicted molar refractivity (Wildman–Crippen MR) is 59.7 cm³/mol. The summed E-state index contributed by atoms with van der Waals surface area (Å²) in [4.78, 5) is 11.3. The highest BCUT2D eigenvalue weighted by molar-refractivity contribution is 5.75. The zero-order valence-electron chi connectivity index (χ0n) is 9.53. The van der Waals surface area contributed by atoms with E-state index in [1.54, 1.807) is 13.0 Å². The third-order valence-corrected chi connectivity index (χ3v) is 2.25. The molecule has 0 amide bonds. The molecule has 0 aliphatic rings. The molecule has 0 spiro atoms. The van der Waals surface area contributed by atoms with Crippen LogP contribution in [-0.2, 0) is 16.0 Å². The van der Waals surface area contributed by atoms with Crippen molar-refractivity contribution in [1.82, 2.24) is 0 Å². The molecule has 0 bridgehead atoms. The highest BCUT2D eigenvalue weighted by atomic mass is 19.3. The summed E-state index contributed by atoms with van der Waals surface area (Å²) in [5.74, 6) is -0.519. The molecule has 1 aromatic carbocycles. The fourth-order valence-electron chi connectivity index (χ4n) is 1.44. The maximum absolute atomic E-state index is 12.4. The Labute approximate surface area is 98.6 Å². The number of esters is 1. The molecule has 3 nitrogen and oxygen atoms in total. The summed E-state index contributed by atoms with van der Waals surface area (Å²) in [7, 11) is 0. The van der Waals surface area contributed by atoms with Crippen LogP contribution in [0, 0.1) is 0 Å². The van der Waals surface area contributed by atoms with Crippen molar-refractivity contribution < 1.29 is 18.3 Å². The van der Waals surface area contributed by atoms with Crippen LogP contribution in [0.4, 0.5) is 8.78 Å². The minimum absolute atomic E-state index is 0.0708. The number of nitrogens with two attached hydrogens (primary N) is 1. The van der Waals surface area contributed by atoms with Gasteiger partial charge in [-0.05, 0) is 18.9 Å². The third kappa shape index (κ3) is 4.11. The fourth-order valence-corrected chi connectivity index (χ4v) is 1.44. The van der Waals surface area contributed by atoms with Gasteiger partial charge in [-0.15, -0.1) is 0 Å². The van der Waals surface area contributed by atoms with Crippen LogP contribution in [0.15, 0.2) is 24.3 Å². The lowest BCUT2D eigenvalue weighted by atomic mass is 10.0. The molecule has 1 rings (SSSR count). The average molecular weight is 243 g/mol. The number of carbonyl (C=O) groups excluding carboxylic acids is 1. The molecule has 0 aromatic heterocycles. The number of alkyl halides is 2. The summed E-state index contributed by atoms with van der Waals surface area (Å²) in [6.07, 6.45) is -2.33. The zero-order chi connectivity index (χ0) is 12.8. The second-order valence-corrected chi connectivity index (χ2v) is 3.61. The Hall–Kier alpha value is -1.49. The number of halogens is 2. The fraction of sp³-hybridized carbons (Fsp3) is 0.417. The highest BCUT2D eigenvalue weighted by Gasteiger charge is 2.16. The van der Waals surface area contributed by atoms with Crippen molar-refractivity contribution >= 4 is 5.97 Å². The van der Waals surface area contributed by atoms with Gasteiger partial charge in [0.15, 0.2) is 0 Å². The van der Waals surface area contributed by atoms with Gasteiger partial charge in [0.05, 0.1) is 6.61 Å². The number of benzene rings is 1. The summed E-state index contributed by atoms with van der Waals surface area (Å²) in [6, 6.07) is 5.05. The molecule has 2 N–H and O–H groups in total. The van der Waals surface area contributed by atoms with Gasteiger partial charge in [-0.25, -0.2) is 8.78 Å². The minimum Gasteiger partial charge on any atom is -0.465 e. The highest BCUT2D eigenvalue weighted by Crippen LogP contribution is 2.19. The molecule has 17 heavy (non-hydrogen) atoms. The topological polar surface area (TPSA) is 52.3 Å². The van der Waals surface area contributed by atoms with Crippen LogP contribution in [-0.4, -0.2) is 18.6 Å². The lowest BCUT2D eigenvalue weighted by Crippen LogP contribution is -2.34. The van der Waals surface area contributed by atoms with Crippen molar-refractivity contribution in [3.63, 3.8) is 0 Å². The lowest BCUT2D eigenvalue weighted by molar-refractivity contribution is -0.144. The minimum atomic E-state index is -2.52. The second kappa shape index (κ2) is 6.30. The van der Waals surface area contributed by atoms with Crippen LogP contribution in [0.5, 0.6) is 0 Å². The van der Waals surface area contributed by atoms with E-state index in [9.17, 15) is 13.6 Å². The Morgan fingerprint density at radius 1 is 1.47 bits per heavy atom. The first kappa shape index (κ1) is 13.6.